The summed E-state index contributed by atoms with van der Waals surface area (Å²) in [5, 5.41) is 20.8. The van der Waals surface area contributed by atoms with E-state index < -0.39 is 25.5 Å². The number of anilines is 1. The van der Waals surface area contributed by atoms with Gasteiger partial charge in [-0.3, -0.25) is 14.8 Å². The van der Waals surface area contributed by atoms with E-state index in [1.54, 1.807) is 19.9 Å². The fourth-order valence-electron chi connectivity index (χ4n) is 1.98. The van der Waals surface area contributed by atoms with Crippen molar-refractivity contribution < 1.29 is 18.4 Å². The third-order valence-electron chi connectivity index (χ3n) is 3.23. The molecule has 2 aromatic carbocycles. The lowest BCUT2D eigenvalue weighted by Gasteiger charge is -2.13. The van der Waals surface area contributed by atoms with E-state index in [-0.39, 0.29) is 11.4 Å². The summed E-state index contributed by atoms with van der Waals surface area (Å²) in [6.07, 6.45) is 0. The van der Waals surface area contributed by atoms with E-state index in [1.165, 1.54) is 18.2 Å². The molecule has 8 heteroatoms. The van der Waals surface area contributed by atoms with Crippen LogP contribution >= 0.6 is 0 Å². The Balaban J connectivity index is 2.50. The number of phenols is 1. The number of phenolic OH excluding ortho intramolecular Hbond substituents is 1. The van der Waals surface area contributed by atoms with E-state index in [0.717, 1.165) is 12.1 Å². The highest BCUT2D eigenvalue weighted by atomic mass is 32.2. The Hall–Kier alpha value is -2.61. The molecular weight excluding hydrogens is 308 g/mol. The third kappa shape index (κ3) is 2.86. The highest BCUT2D eigenvalue weighted by molar-refractivity contribution is 7.92. The zero-order chi connectivity index (χ0) is 16.5. The summed E-state index contributed by atoms with van der Waals surface area (Å²) in [6.45, 7) is 3.24. The molecule has 22 heavy (non-hydrogen) atoms. The fourth-order valence-corrected chi connectivity index (χ4v) is 3.28. The maximum absolute atomic E-state index is 12.4. The number of aromatic hydroxyl groups is 1. The second-order valence-corrected chi connectivity index (χ2v) is 6.38. The first-order valence-corrected chi connectivity index (χ1v) is 7.78. The van der Waals surface area contributed by atoms with Gasteiger partial charge in [0.25, 0.3) is 15.7 Å². The molecule has 0 aliphatic heterocycles. The summed E-state index contributed by atoms with van der Waals surface area (Å²) in [5.74, 6) is -0.0252. The van der Waals surface area contributed by atoms with Crippen molar-refractivity contribution in [2.24, 2.45) is 0 Å². The normalized spacial score (nSPS) is 11.2. The number of nitrogens with zero attached hydrogens (tertiary/aromatic N) is 1. The van der Waals surface area contributed by atoms with Crippen molar-refractivity contribution in [1.29, 1.82) is 0 Å². The van der Waals surface area contributed by atoms with Crippen molar-refractivity contribution >= 4 is 21.4 Å². The van der Waals surface area contributed by atoms with Gasteiger partial charge in [-0.2, -0.15) is 0 Å². The van der Waals surface area contributed by atoms with Crippen LogP contribution in [-0.2, 0) is 10.0 Å². The van der Waals surface area contributed by atoms with Crippen LogP contribution in [0.5, 0.6) is 5.75 Å². The van der Waals surface area contributed by atoms with Crippen molar-refractivity contribution in [1.82, 2.24) is 0 Å². The first-order chi connectivity index (χ1) is 10.2. The van der Waals surface area contributed by atoms with Crippen molar-refractivity contribution in [3.63, 3.8) is 0 Å². The first kappa shape index (κ1) is 15.8. The van der Waals surface area contributed by atoms with Gasteiger partial charge in [-0.1, -0.05) is 18.2 Å². The van der Waals surface area contributed by atoms with Crippen LogP contribution in [0.4, 0.5) is 11.4 Å². The summed E-state index contributed by atoms with van der Waals surface area (Å²) in [6, 6.07) is 8.12. The van der Waals surface area contributed by atoms with E-state index in [9.17, 15) is 23.6 Å². The number of sulfonamides is 1. The molecule has 2 rings (SSSR count). The molecule has 0 aromatic heterocycles. The quantitative estimate of drug-likeness (QED) is 0.664. The highest BCUT2D eigenvalue weighted by Gasteiger charge is 2.25. The summed E-state index contributed by atoms with van der Waals surface area (Å²) < 4.78 is 27.0. The molecule has 0 spiro atoms. The Kier molecular flexibility index (Phi) is 4.05. The maximum atomic E-state index is 12.4. The van der Waals surface area contributed by atoms with Crippen LogP contribution in [0.3, 0.4) is 0 Å². The van der Waals surface area contributed by atoms with Crippen LogP contribution in [0.25, 0.3) is 0 Å². The molecule has 7 nitrogen and oxygen atoms in total. The molecule has 0 atom stereocenters. The molecule has 0 saturated heterocycles. The van der Waals surface area contributed by atoms with Gasteiger partial charge in [0.05, 0.1) is 10.6 Å². The molecule has 0 amide bonds. The lowest BCUT2D eigenvalue weighted by molar-refractivity contribution is -0.387. The monoisotopic (exact) mass is 322 g/mol. The second-order valence-electron chi connectivity index (χ2n) is 4.73. The zero-order valence-corrected chi connectivity index (χ0v) is 12.7. The summed E-state index contributed by atoms with van der Waals surface area (Å²) >= 11 is 0. The third-order valence-corrected chi connectivity index (χ3v) is 4.64. The van der Waals surface area contributed by atoms with Gasteiger partial charge in [-0.15, -0.1) is 0 Å². The number of nitro groups is 1. The van der Waals surface area contributed by atoms with E-state index in [2.05, 4.69) is 4.72 Å². The van der Waals surface area contributed by atoms with Gasteiger partial charge in [0.15, 0.2) is 4.90 Å². The number of hydrogen-bond acceptors (Lipinski definition) is 5. The lowest BCUT2D eigenvalue weighted by Crippen LogP contribution is -2.15. The van der Waals surface area contributed by atoms with Crippen LogP contribution in [0.1, 0.15) is 11.1 Å². The van der Waals surface area contributed by atoms with Crippen molar-refractivity contribution in [2.75, 3.05) is 4.72 Å². The SMILES string of the molecule is Cc1ccc(NS(=O)(=O)c2ccccc2[N+](=O)[O-])c(C)c1O. The van der Waals surface area contributed by atoms with Crippen molar-refractivity contribution in [3.8, 4) is 5.75 Å². The predicted octanol–water partition coefficient (Wildman–Crippen LogP) is 2.72. The maximum Gasteiger partial charge on any atom is 0.289 e. The number of benzene rings is 2. The Bertz CT molecular complexity index is 846. The number of nitrogens with one attached hydrogen (secondary N) is 1. The average molecular weight is 322 g/mol. The van der Waals surface area contributed by atoms with Crippen molar-refractivity contribution in [3.05, 3.63) is 57.6 Å². The van der Waals surface area contributed by atoms with Gasteiger partial charge in [0.1, 0.15) is 5.75 Å². The molecule has 0 aliphatic rings. The number of rotatable bonds is 4. The van der Waals surface area contributed by atoms with Gasteiger partial charge in [-0.25, -0.2) is 8.42 Å². The fraction of sp³-hybridized carbons (Fsp3) is 0.143. The van der Waals surface area contributed by atoms with Gasteiger partial charge >= 0.3 is 0 Å². The van der Waals surface area contributed by atoms with Crippen LogP contribution in [-0.4, -0.2) is 18.4 Å². The molecular formula is C14H14N2O5S. The van der Waals surface area contributed by atoms with Gasteiger partial charge < -0.3 is 5.11 Å². The van der Waals surface area contributed by atoms with Gasteiger partial charge in [0, 0.05) is 11.6 Å². The van der Waals surface area contributed by atoms with Gasteiger partial charge in [0.2, 0.25) is 0 Å². The minimum absolute atomic E-state index is 0.0252. The van der Waals surface area contributed by atoms with Crippen LogP contribution in [0.2, 0.25) is 0 Å². The molecule has 2 aromatic rings. The molecule has 116 valence electrons. The minimum Gasteiger partial charge on any atom is -0.507 e. The largest absolute Gasteiger partial charge is 0.507 e. The predicted molar refractivity (Wildman–Crippen MR) is 81.5 cm³/mol. The Morgan fingerprint density at radius 2 is 1.77 bits per heavy atom. The molecule has 0 aliphatic carbocycles. The van der Waals surface area contributed by atoms with Crippen LogP contribution in [0, 0.1) is 24.0 Å². The highest BCUT2D eigenvalue weighted by Crippen LogP contribution is 2.31. The molecule has 0 heterocycles. The van der Waals surface area contributed by atoms with E-state index in [1.807, 2.05) is 0 Å². The van der Waals surface area contributed by atoms with Crippen molar-refractivity contribution in [2.45, 2.75) is 18.7 Å². The number of nitro benzene ring substituents is 1. The minimum atomic E-state index is -4.14. The lowest BCUT2D eigenvalue weighted by atomic mass is 10.1. The van der Waals surface area contributed by atoms with Crippen LogP contribution < -0.4 is 4.72 Å². The number of hydrogen-bond donors (Lipinski definition) is 2. The average Bonchev–Trinajstić information content (AvgIpc) is 2.48. The molecule has 2 N–H and O–H groups in total. The molecule has 0 bridgehead atoms. The first-order valence-electron chi connectivity index (χ1n) is 6.29. The molecule has 0 radical (unpaired) electrons. The topological polar surface area (TPSA) is 110 Å². The standard InChI is InChI=1S/C14H14N2O5S/c1-9-7-8-11(10(2)14(9)17)15-22(20,21)13-6-4-3-5-12(13)16(18)19/h3-8,15,17H,1-2H3. The zero-order valence-electron chi connectivity index (χ0n) is 11.9. The Morgan fingerprint density at radius 3 is 2.41 bits per heavy atom. The molecule has 0 fully saturated rings. The molecule has 0 saturated carbocycles. The Labute approximate surface area is 127 Å². The smallest absolute Gasteiger partial charge is 0.289 e. The summed E-state index contributed by atoms with van der Waals surface area (Å²) in [4.78, 5) is 9.77. The Morgan fingerprint density at radius 1 is 1.14 bits per heavy atom. The van der Waals surface area contributed by atoms with Crippen LogP contribution in [0.15, 0.2) is 41.3 Å². The number of para-hydroxylation sites is 1. The molecule has 0 unspecified atom stereocenters. The number of aryl methyl sites for hydroxylation is 1. The van der Waals surface area contributed by atoms with E-state index in [0.29, 0.717) is 11.1 Å². The van der Waals surface area contributed by atoms with E-state index in [4.69, 9.17) is 0 Å². The van der Waals surface area contributed by atoms with Gasteiger partial charge in [-0.05, 0) is 31.5 Å². The second kappa shape index (κ2) is 5.64. The summed E-state index contributed by atoms with van der Waals surface area (Å²) in [7, 11) is -4.14. The summed E-state index contributed by atoms with van der Waals surface area (Å²) in [5.41, 5.74) is 0.610. The van der Waals surface area contributed by atoms with E-state index >= 15 is 0 Å².